The summed E-state index contributed by atoms with van der Waals surface area (Å²) in [6.45, 7) is 0.567. The number of hydrogen-bond acceptors (Lipinski definition) is 4. The van der Waals surface area contributed by atoms with E-state index in [1.54, 1.807) is 19.2 Å². The van der Waals surface area contributed by atoms with Crippen LogP contribution in [0.1, 0.15) is 22.7 Å². The largest absolute Gasteiger partial charge is 0.496 e. The topological polar surface area (TPSA) is 65.3 Å². The lowest BCUT2D eigenvalue weighted by Crippen LogP contribution is -2.24. The summed E-state index contributed by atoms with van der Waals surface area (Å²) in [5.41, 5.74) is 2.55. The fourth-order valence-corrected chi connectivity index (χ4v) is 2.17. The van der Waals surface area contributed by atoms with Gasteiger partial charge in [-0.2, -0.15) is 5.26 Å². The average Bonchev–Trinajstić information content (AvgIpc) is 2.56. The summed E-state index contributed by atoms with van der Waals surface area (Å²) in [5.74, 6) is 0.673. The van der Waals surface area contributed by atoms with Gasteiger partial charge in [-0.05, 0) is 17.7 Å². The van der Waals surface area contributed by atoms with Gasteiger partial charge >= 0.3 is 0 Å². The number of aliphatic hydroxyl groups is 1. The smallest absolute Gasteiger partial charge is 0.124 e. The van der Waals surface area contributed by atoms with Crippen molar-refractivity contribution in [2.75, 3.05) is 13.7 Å². The molecule has 108 valence electrons. The first-order valence-corrected chi connectivity index (χ1v) is 6.74. The van der Waals surface area contributed by atoms with Gasteiger partial charge in [0.1, 0.15) is 5.75 Å². The van der Waals surface area contributed by atoms with Crippen LogP contribution in [0.4, 0.5) is 0 Å². The molecule has 0 spiro atoms. The molecule has 0 bridgehead atoms. The van der Waals surface area contributed by atoms with Crippen LogP contribution in [0.2, 0.25) is 0 Å². The molecule has 0 aliphatic carbocycles. The number of nitrogens with one attached hydrogen (secondary N) is 1. The van der Waals surface area contributed by atoms with Crippen molar-refractivity contribution in [2.24, 2.45) is 0 Å². The highest BCUT2D eigenvalue weighted by molar-refractivity contribution is 5.42. The summed E-state index contributed by atoms with van der Waals surface area (Å²) in [5, 5.41) is 21.7. The van der Waals surface area contributed by atoms with Gasteiger partial charge in [0.05, 0.1) is 31.4 Å². The lowest BCUT2D eigenvalue weighted by molar-refractivity contribution is 0.243. The van der Waals surface area contributed by atoms with Crippen molar-refractivity contribution in [1.82, 2.24) is 5.32 Å². The summed E-state index contributed by atoms with van der Waals surface area (Å²) >= 11 is 0. The minimum Gasteiger partial charge on any atom is -0.496 e. The fraction of sp³-hybridized carbons (Fsp3) is 0.235. The van der Waals surface area contributed by atoms with E-state index < -0.39 is 0 Å². The minimum atomic E-state index is -0.133. The molecule has 2 N–H and O–H groups in total. The van der Waals surface area contributed by atoms with Crippen LogP contribution in [0.25, 0.3) is 0 Å². The Kier molecular flexibility index (Phi) is 5.33. The van der Waals surface area contributed by atoms with Gasteiger partial charge in [0, 0.05) is 12.1 Å². The van der Waals surface area contributed by atoms with Crippen LogP contribution in [-0.4, -0.2) is 18.8 Å². The van der Waals surface area contributed by atoms with Crippen molar-refractivity contribution in [3.05, 3.63) is 65.2 Å². The van der Waals surface area contributed by atoms with E-state index in [1.165, 1.54) is 0 Å². The third-order valence-electron chi connectivity index (χ3n) is 3.34. The third-order valence-corrected chi connectivity index (χ3v) is 3.34. The maximum atomic E-state index is 9.53. The van der Waals surface area contributed by atoms with Crippen molar-refractivity contribution in [3.8, 4) is 11.8 Å². The van der Waals surface area contributed by atoms with E-state index in [0.29, 0.717) is 17.9 Å². The Bertz CT molecular complexity index is 620. The molecule has 0 unspecified atom stereocenters. The monoisotopic (exact) mass is 282 g/mol. The van der Waals surface area contributed by atoms with Crippen LogP contribution in [0, 0.1) is 11.3 Å². The number of nitriles is 1. The predicted molar refractivity (Wildman–Crippen MR) is 80.8 cm³/mol. The molecule has 0 aliphatic rings. The first-order chi connectivity index (χ1) is 10.3. The summed E-state index contributed by atoms with van der Waals surface area (Å²) < 4.78 is 5.31. The second kappa shape index (κ2) is 7.44. The van der Waals surface area contributed by atoms with E-state index in [-0.39, 0.29) is 12.6 Å². The van der Waals surface area contributed by atoms with Crippen molar-refractivity contribution in [1.29, 1.82) is 5.26 Å². The van der Waals surface area contributed by atoms with E-state index in [0.717, 1.165) is 11.1 Å². The summed E-state index contributed by atoms with van der Waals surface area (Å²) in [6, 6.07) is 17.1. The zero-order valence-corrected chi connectivity index (χ0v) is 11.9. The Balaban J connectivity index is 2.10. The number of methoxy groups -OCH3 is 1. The molecule has 0 saturated carbocycles. The molecule has 0 aliphatic heterocycles. The molecule has 4 heteroatoms. The number of nitrogens with zero attached hydrogens (tertiary/aromatic N) is 1. The lowest BCUT2D eigenvalue weighted by Gasteiger charge is -2.18. The maximum Gasteiger partial charge on any atom is 0.124 e. The molecule has 2 aromatic rings. The summed E-state index contributed by atoms with van der Waals surface area (Å²) in [7, 11) is 1.58. The standard InChI is InChI=1S/C17H18N2O2/c1-21-17-9-13(10-18)7-8-15(17)11-19-16(12-20)14-5-3-2-4-6-14/h2-9,16,19-20H,11-12H2,1H3/t16-/m0/s1. The van der Waals surface area contributed by atoms with Gasteiger partial charge in [-0.1, -0.05) is 36.4 Å². The third kappa shape index (κ3) is 3.82. The lowest BCUT2D eigenvalue weighted by atomic mass is 10.1. The number of hydrogen-bond donors (Lipinski definition) is 2. The molecular formula is C17H18N2O2. The van der Waals surface area contributed by atoms with Gasteiger partial charge < -0.3 is 15.2 Å². The van der Waals surface area contributed by atoms with Crippen molar-refractivity contribution >= 4 is 0 Å². The maximum absolute atomic E-state index is 9.53. The van der Waals surface area contributed by atoms with E-state index >= 15 is 0 Å². The van der Waals surface area contributed by atoms with Crippen LogP contribution >= 0.6 is 0 Å². The molecule has 0 saturated heterocycles. The molecule has 2 rings (SSSR count). The number of aliphatic hydroxyl groups excluding tert-OH is 1. The molecule has 4 nitrogen and oxygen atoms in total. The first-order valence-electron chi connectivity index (χ1n) is 6.74. The zero-order chi connectivity index (χ0) is 15.1. The summed E-state index contributed by atoms with van der Waals surface area (Å²) in [4.78, 5) is 0. The van der Waals surface area contributed by atoms with Gasteiger partial charge in [0.2, 0.25) is 0 Å². The van der Waals surface area contributed by atoms with Crippen molar-refractivity contribution in [3.63, 3.8) is 0 Å². The molecule has 0 amide bonds. The number of ether oxygens (including phenoxy) is 1. The van der Waals surface area contributed by atoms with Gasteiger partial charge in [-0.25, -0.2) is 0 Å². The fourth-order valence-electron chi connectivity index (χ4n) is 2.17. The van der Waals surface area contributed by atoms with Gasteiger partial charge in [-0.3, -0.25) is 0 Å². The second-order valence-electron chi connectivity index (χ2n) is 4.67. The SMILES string of the molecule is COc1cc(C#N)ccc1CN[C@@H](CO)c1ccccc1. The number of benzene rings is 2. The van der Waals surface area contributed by atoms with E-state index in [1.807, 2.05) is 36.4 Å². The molecule has 1 atom stereocenters. The predicted octanol–water partition coefficient (Wildman–Crippen LogP) is 2.39. The molecule has 21 heavy (non-hydrogen) atoms. The highest BCUT2D eigenvalue weighted by Crippen LogP contribution is 2.21. The van der Waals surface area contributed by atoms with Crippen LogP contribution in [-0.2, 0) is 6.54 Å². The van der Waals surface area contributed by atoms with Crippen LogP contribution in [0.15, 0.2) is 48.5 Å². The van der Waals surface area contributed by atoms with Crippen LogP contribution in [0.5, 0.6) is 5.75 Å². The molecular weight excluding hydrogens is 264 g/mol. The molecule has 2 aromatic carbocycles. The van der Waals surface area contributed by atoms with E-state index in [9.17, 15) is 5.11 Å². The van der Waals surface area contributed by atoms with Gasteiger partial charge in [-0.15, -0.1) is 0 Å². The van der Waals surface area contributed by atoms with Crippen LogP contribution < -0.4 is 10.1 Å². The molecule has 0 fully saturated rings. The Labute approximate surface area is 124 Å². The Hall–Kier alpha value is -2.35. The Morgan fingerprint density at radius 3 is 2.62 bits per heavy atom. The first kappa shape index (κ1) is 15.0. The number of rotatable bonds is 6. The Morgan fingerprint density at radius 2 is 2.00 bits per heavy atom. The second-order valence-corrected chi connectivity index (χ2v) is 4.67. The van der Waals surface area contributed by atoms with Crippen molar-refractivity contribution < 1.29 is 9.84 Å². The summed E-state index contributed by atoms with van der Waals surface area (Å²) in [6.07, 6.45) is 0. The Morgan fingerprint density at radius 1 is 1.24 bits per heavy atom. The van der Waals surface area contributed by atoms with Gasteiger partial charge in [0.25, 0.3) is 0 Å². The molecule has 0 aromatic heterocycles. The van der Waals surface area contributed by atoms with Gasteiger partial charge in [0.15, 0.2) is 0 Å². The molecule has 0 radical (unpaired) electrons. The normalized spacial score (nSPS) is 11.7. The minimum absolute atomic E-state index is 0.0165. The van der Waals surface area contributed by atoms with Crippen LogP contribution in [0.3, 0.4) is 0 Å². The highest BCUT2D eigenvalue weighted by atomic mass is 16.5. The zero-order valence-electron chi connectivity index (χ0n) is 11.9. The van der Waals surface area contributed by atoms with E-state index in [4.69, 9.17) is 10.00 Å². The average molecular weight is 282 g/mol. The quantitative estimate of drug-likeness (QED) is 0.854. The van der Waals surface area contributed by atoms with E-state index in [2.05, 4.69) is 11.4 Å². The molecule has 0 heterocycles. The van der Waals surface area contributed by atoms with Crippen molar-refractivity contribution in [2.45, 2.75) is 12.6 Å². The highest BCUT2D eigenvalue weighted by Gasteiger charge is 2.11.